The highest BCUT2D eigenvalue weighted by atomic mass is 32.2. The molecule has 2 aromatic heterocycles. The summed E-state index contributed by atoms with van der Waals surface area (Å²) >= 11 is 1.55. The van der Waals surface area contributed by atoms with Gasteiger partial charge in [0.15, 0.2) is 0 Å². The topological polar surface area (TPSA) is 50.7 Å². The summed E-state index contributed by atoms with van der Waals surface area (Å²) in [6.07, 6.45) is 5.24. The quantitative estimate of drug-likeness (QED) is 0.633. The van der Waals surface area contributed by atoms with Gasteiger partial charge in [-0.05, 0) is 12.3 Å². The van der Waals surface area contributed by atoms with E-state index in [1.165, 1.54) is 4.68 Å². The molecular weight excluding hydrogens is 210 g/mol. The van der Waals surface area contributed by atoms with Gasteiger partial charge in [-0.1, -0.05) is 6.08 Å². The Bertz CT molecular complexity index is 555. The normalized spacial score (nSPS) is 10.7. The van der Waals surface area contributed by atoms with Crippen LogP contribution in [0.3, 0.4) is 0 Å². The van der Waals surface area contributed by atoms with E-state index < -0.39 is 0 Å². The maximum Gasteiger partial charge on any atom is 0.276 e. The third-order valence-electron chi connectivity index (χ3n) is 2.13. The molecular formula is C10H11N3OS. The molecule has 2 rings (SSSR count). The standard InChI is InChI=1S/C10H11N3OS/c1-3-4-13-10(14)7-6-11-9(15-2)5-8(7)12-13/h3,5-6,12H,1,4H2,2H3. The van der Waals surface area contributed by atoms with Crippen LogP contribution >= 0.6 is 11.8 Å². The maximum absolute atomic E-state index is 11.8. The van der Waals surface area contributed by atoms with Crippen LogP contribution in [-0.2, 0) is 6.54 Å². The second kappa shape index (κ2) is 3.94. The Morgan fingerprint density at radius 2 is 2.53 bits per heavy atom. The lowest BCUT2D eigenvalue weighted by atomic mass is 10.3. The summed E-state index contributed by atoms with van der Waals surface area (Å²) in [7, 11) is 0. The van der Waals surface area contributed by atoms with Gasteiger partial charge in [-0.3, -0.25) is 9.89 Å². The molecule has 0 aromatic carbocycles. The Balaban J connectivity index is 2.65. The number of fused-ring (bicyclic) bond motifs is 1. The zero-order valence-corrected chi connectivity index (χ0v) is 9.17. The number of allylic oxidation sites excluding steroid dienone is 1. The molecule has 0 atom stereocenters. The minimum Gasteiger partial charge on any atom is -0.295 e. The first-order valence-electron chi connectivity index (χ1n) is 4.49. The SMILES string of the molecule is C=CCn1[nH]c2cc(SC)ncc2c1=O. The van der Waals surface area contributed by atoms with Crippen LogP contribution in [-0.4, -0.2) is 21.0 Å². The molecule has 0 fully saturated rings. The molecule has 1 N–H and O–H groups in total. The molecule has 0 unspecified atom stereocenters. The lowest BCUT2D eigenvalue weighted by Crippen LogP contribution is -2.15. The number of pyridine rings is 1. The Kier molecular flexibility index (Phi) is 2.64. The van der Waals surface area contributed by atoms with Crippen molar-refractivity contribution in [3.05, 3.63) is 35.3 Å². The Morgan fingerprint density at radius 3 is 3.20 bits per heavy atom. The Morgan fingerprint density at radius 1 is 1.73 bits per heavy atom. The van der Waals surface area contributed by atoms with E-state index in [-0.39, 0.29) is 5.56 Å². The summed E-state index contributed by atoms with van der Waals surface area (Å²) in [4.78, 5) is 15.9. The summed E-state index contributed by atoms with van der Waals surface area (Å²) in [5, 5.41) is 4.54. The van der Waals surface area contributed by atoms with Crippen LogP contribution in [0.1, 0.15) is 0 Å². The highest BCUT2D eigenvalue weighted by molar-refractivity contribution is 7.98. The summed E-state index contributed by atoms with van der Waals surface area (Å²) < 4.78 is 1.52. The number of nitrogens with one attached hydrogen (secondary N) is 1. The third-order valence-corrected chi connectivity index (χ3v) is 2.77. The van der Waals surface area contributed by atoms with Crippen LogP contribution in [0.4, 0.5) is 0 Å². The molecule has 2 aromatic rings. The molecule has 0 aliphatic rings. The van der Waals surface area contributed by atoms with E-state index in [4.69, 9.17) is 0 Å². The predicted molar refractivity (Wildman–Crippen MR) is 62.3 cm³/mol. The van der Waals surface area contributed by atoms with Gasteiger partial charge in [0.25, 0.3) is 5.56 Å². The Hall–Kier alpha value is -1.49. The molecule has 0 radical (unpaired) electrons. The van der Waals surface area contributed by atoms with Gasteiger partial charge in [-0.25, -0.2) is 9.67 Å². The third kappa shape index (κ3) is 1.70. The average molecular weight is 221 g/mol. The molecule has 0 saturated carbocycles. The summed E-state index contributed by atoms with van der Waals surface area (Å²) in [5.74, 6) is 0. The average Bonchev–Trinajstić information content (AvgIpc) is 2.56. The van der Waals surface area contributed by atoms with Crippen LogP contribution < -0.4 is 5.56 Å². The fraction of sp³-hybridized carbons (Fsp3) is 0.200. The largest absolute Gasteiger partial charge is 0.295 e. The van der Waals surface area contributed by atoms with E-state index in [1.54, 1.807) is 24.0 Å². The van der Waals surface area contributed by atoms with Crippen molar-refractivity contribution in [2.75, 3.05) is 6.26 Å². The number of rotatable bonds is 3. The smallest absolute Gasteiger partial charge is 0.276 e. The van der Waals surface area contributed by atoms with Crippen molar-refractivity contribution in [3.63, 3.8) is 0 Å². The summed E-state index contributed by atoms with van der Waals surface area (Å²) in [6.45, 7) is 4.09. The molecule has 78 valence electrons. The first-order chi connectivity index (χ1) is 7.26. The molecule has 0 aliphatic carbocycles. The number of hydrogen-bond acceptors (Lipinski definition) is 3. The molecule has 15 heavy (non-hydrogen) atoms. The lowest BCUT2D eigenvalue weighted by Gasteiger charge is -1.93. The van der Waals surface area contributed by atoms with Crippen LogP contribution in [0.5, 0.6) is 0 Å². The molecule has 0 amide bonds. The first kappa shape index (κ1) is 10.0. The van der Waals surface area contributed by atoms with E-state index in [9.17, 15) is 4.79 Å². The van der Waals surface area contributed by atoms with Crippen molar-refractivity contribution < 1.29 is 0 Å². The van der Waals surface area contributed by atoms with Crippen LogP contribution in [0.2, 0.25) is 0 Å². The minimum atomic E-state index is -0.0509. The van der Waals surface area contributed by atoms with Crippen molar-refractivity contribution in [1.82, 2.24) is 14.8 Å². The van der Waals surface area contributed by atoms with Gasteiger partial charge in [0.05, 0.1) is 22.5 Å². The van der Waals surface area contributed by atoms with E-state index in [0.717, 1.165) is 10.5 Å². The number of H-pyrrole nitrogens is 1. The summed E-state index contributed by atoms with van der Waals surface area (Å²) in [6, 6.07) is 1.88. The van der Waals surface area contributed by atoms with Gasteiger partial charge in [0, 0.05) is 6.20 Å². The monoisotopic (exact) mass is 221 g/mol. The van der Waals surface area contributed by atoms with Gasteiger partial charge < -0.3 is 0 Å². The van der Waals surface area contributed by atoms with Crippen LogP contribution in [0.25, 0.3) is 10.9 Å². The van der Waals surface area contributed by atoms with Crippen molar-refractivity contribution in [2.24, 2.45) is 0 Å². The van der Waals surface area contributed by atoms with Gasteiger partial charge in [-0.2, -0.15) is 0 Å². The number of thioether (sulfide) groups is 1. The fourth-order valence-electron chi connectivity index (χ4n) is 1.41. The number of aromatic amines is 1. The van der Waals surface area contributed by atoms with E-state index in [0.29, 0.717) is 11.9 Å². The molecule has 0 spiro atoms. The van der Waals surface area contributed by atoms with E-state index in [2.05, 4.69) is 16.7 Å². The highest BCUT2D eigenvalue weighted by Crippen LogP contribution is 2.15. The number of aromatic nitrogens is 3. The zero-order chi connectivity index (χ0) is 10.8. The van der Waals surface area contributed by atoms with Gasteiger partial charge >= 0.3 is 0 Å². The lowest BCUT2D eigenvalue weighted by molar-refractivity contribution is 0.687. The van der Waals surface area contributed by atoms with Gasteiger partial charge in [0.2, 0.25) is 0 Å². The van der Waals surface area contributed by atoms with Crippen molar-refractivity contribution in [3.8, 4) is 0 Å². The molecule has 0 saturated heterocycles. The van der Waals surface area contributed by atoms with Crippen LogP contribution in [0.15, 0.2) is 34.7 Å². The molecule has 2 heterocycles. The van der Waals surface area contributed by atoms with Gasteiger partial charge in [-0.15, -0.1) is 18.3 Å². The first-order valence-corrected chi connectivity index (χ1v) is 5.72. The van der Waals surface area contributed by atoms with Crippen LogP contribution in [0, 0.1) is 0 Å². The van der Waals surface area contributed by atoms with E-state index >= 15 is 0 Å². The molecule has 0 bridgehead atoms. The fourth-order valence-corrected chi connectivity index (χ4v) is 1.80. The zero-order valence-electron chi connectivity index (χ0n) is 8.36. The predicted octanol–water partition coefficient (Wildman–Crippen LogP) is 1.63. The molecule has 5 heteroatoms. The molecule has 0 aliphatic heterocycles. The van der Waals surface area contributed by atoms with Crippen molar-refractivity contribution >= 4 is 22.7 Å². The maximum atomic E-state index is 11.8. The van der Waals surface area contributed by atoms with Crippen molar-refractivity contribution in [1.29, 1.82) is 0 Å². The number of nitrogens with zero attached hydrogens (tertiary/aromatic N) is 2. The second-order valence-electron chi connectivity index (χ2n) is 3.09. The summed E-state index contributed by atoms with van der Waals surface area (Å²) in [5.41, 5.74) is 0.770. The Labute approximate surface area is 91.0 Å². The van der Waals surface area contributed by atoms with Crippen molar-refractivity contribution in [2.45, 2.75) is 11.6 Å². The second-order valence-corrected chi connectivity index (χ2v) is 3.92. The highest BCUT2D eigenvalue weighted by Gasteiger charge is 2.06. The van der Waals surface area contributed by atoms with E-state index in [1.807, 2.05) is 12.3 Å². The van der Waals surface area contributed by atoms with Gasteiger partial charge in [0.1, 0.15) is 0 Å². The number of hydrogen-bond donors (Lipinski definition) is 1. The minimum absolute atomic E-state index is 0.0509. The molecule has 4 nitrogen and oxygen atoms in total.